The van der Waals surface area contributed by atoms with Crippen LogP contribution in [0.25, 0.3) is 104 Å². The zero-order chi connectivity index (χ0) is 37.0. The summed E-state index contributed by atoms with van der Waals surface area (Å²) in [6.45, 7) is 0. The summed E-state index contributed by atoms with van der Waals surface area (Å²) in [5.74, 6) is 2.58. The minimum absolute atomic E-state index is 0.604. The lowest BCUT2D eigenvalue weighted by Gasteiger charge is -2.12. The Balaban J connectivity index is 1.03. The van der Waals surface area contributed by atoms with E-state index in [1.54, 1.807) is 11.3 Å². The first-order valence-electron chi connectivity index (χ1n) is 18.7. The second-order valence-electron chi connectivity index (χ2n) is 13.9. The van der Waals surface area contributed by atoms with Crippen LogP contribution in [-0.2, 0) is 0 Å². The summed E-state index contributed by atoms with van der Waals surface area (Å²) < 4.78 is 9.02. The Morgan fingerprint density at radius 2 is 1.14 bits per heavy atom. The van der Waals surface area contributed by atoms with Crippen molar-refractivity contribution in [3.63, 3.8) is 0 Å². The SMILES string of the molecule is C1=CCCC(c2nc(-c3cccc(-c4cccc5c4oc4ccc(-c6nc(-c7ccccc7)nc(-c7ccccc7)n6)cc45)c3)nc3c2sc2ccccc23)=C1. The Morgan fingerprint density at radius 1 is 0.500 bits per heavy atom. The van der Waals surface area contributed by atoms with Crippen LogP contribution in [0.5, 0.6) is 0 Å². The number of rotatable bonds is 6. The minimum atomic E-state index is 0.604. The maximum absolute atomic E-state index is 6.66. The quantitative estimate of drug-likeness (QED) is 0.169. The Labute approximate surface area is 326 Å². The van der Waals surface area contributed by atoms with Crippen molar-refractivity contribution in [3.8, 4) is 56.7 Å². The molecule has 6 nitrogen and oxygen atoms in total. The lowest BCUT2D eigenvalue weighted by molar-refractivity contribution is 0.670. The number of aromatic nitrogens is 5. The normalized spacial score (nSPS) is 12.9. The number of allylic oxidation sites excluding steroid dienone is 4. The van der Waals surface area contributed by atoms with E-state index >= 15 is 0 Å². The number of hydrogen-bond donors (Lipinski definition) is 0. The van der Waals surface area contributed by atoms with Gasteiger partial charge in [0.05, 0.1) is 15.9 Å². The van der Waals surface area contributed by atoms with Gasteiger partial charge in [0.1, 0.15) is 11.2 Å². The monoisotopic (exact) mass is 737 g/mol. The predicted molar refractivity (Wildman–Crippen MR) is 229 cm³/mol. The van der Waals surface area contributed by atoms with Crippen LogP contribution in [0.1, 0.15) is 18.5 Å². The molecule has 4 aromatic heterocycles. The largest absolute Gasteiger partial charge is 0.455 e. The van der Waals surface area contributed by atoms with E-state index in [0.29, 0.717) is 17.5 Å². The molecule has 0 bridgehead atoms. The van der Waals surface area contributed by atoms with Crippen molar-refractivity contribution in [1.29, 1.82) is 0 Å². The highest BCUT2D eigenvalue weighted by Crippen LogP contribution is 2.41. The molecule has 0 amide bonds. The van der Waals surface area contributed by atoms with E-state index in [2.05, 4.69) is 91.0 Å². The second-order valence-corrected chi connectivity index (χ2v) is 15.0. The molecular weight excluding hydrogens is 707 g/mol. The number of benzene rings is 6. The summed E-state index contributed by atoms with van der Waals surface area (Å²) in [7, 11) is 0. The van der Waals surface area contributed by atoms with E-state index in [9.17, 15) is 0 Å². The molecule has 7 heteroatoms. The summed E-state index contributed by atoms with van der Waals surface area (Å²) in [6.07, 6.45) is 8.53. The molecule has 0 saturated carbocycles. The van der Waals surface area contributed by atoms with Gasteiger partial charge in [-0.3, -0.25) is 0 Å². The molecule has 264 valence electrons. The van der Waals surface area contributed by atoms with Gasteiger partial charge in [0.25, 0.3) is 0 Å². The maximum atomic E-state index is 6.66. The molecule has 0 N–H and O–H groups in total. The molecule has 1 aliphatic rings. The molecule has 0 spiro atoms. The van der Waals surface area contributed by atoms with E-state index in [-0.39, 0.29) is 0 Å². The third kappa shape index (κ3) is 5.60. The molecule has 6 aromatic carbocycles. The second kappa shape index (κ2) is 13.3. The van der Waals surface area contributed by atoms with Crippen molar-refractivity contribution in [2.45, 2.75) is 12.8 Å². The number of hydrogen-bond acceptors (Lipinski definition) is 7. The number of fused-ring (bicyclic) bond motifs is 6. The van der Waals surface area contributed by atoms with Crippen molar-refractivity contribution < 1.29 is 4.42 Å². The summed E-state index contributed by atoms with van der Waals surface area (Å²) >= 11 is 1.77. The summed E-state index contributed by atoms with van der Waals surface area (Å²) in [4.78, 5) is 25.3. The molecule has 56 heavy (non-hydrogen) atoms. The Hall–Kier alpha value is -7.09. The number of para-hydroxylation sites is 1. The first-order valence-corrected chi connectivity index (χ1v) is 19.5. The molecule has 0 radical (unpaired) electrons. The first-order chi connectivity index (χ1) is 27.7. The predicted octanol–water partition coefficient (Wildman–Crippen LogP) is 13.0. The van der Waals surface area contributed by atoms with Crippen LogP contribution in [0, 0.1) is 0 Å². The third-order valence-electron chi connectivity index (χ3n) is 10.4. The van der Waals surface area contributed by atoms with Crippen LogP contribution in [0.3, 0.4) is 0 Å². The first kappa shape index (κ1) is 32.3. The summed E-state index contributed by atoms with van der Waals surface area (Å²) in [5, 5.41) is 3.18. The van der Waals surface area contributed by atoms with Gasteiger partial charge in [-0.15, -0.1) is 11.3 Å². The lowest BCUT2D eigenvalue weighted by atomic mass is 9.99. The van der Waals surface area contributed by atoms with Crippen molar-refractivity contribution in [1.82, 2.24) is 24.9 Å². The van der Waals surface area contributed by atoms with Crippen LogP contribution >= 0.6 is 11.3 Å². The van der Waals surface area contributed by atoms with Crippen LogP contribution in [0.2, 0.25) is 0 Å². The van der Waals surface area contributed by atoms with Gasteiger partial charge in [-0.05, 0) is 54.3 Å². The fraction of sp³-hybridized carbons (Fsp3) is 0.0408. The van der Waals surface area contributed by atoms with Gasteiger partial charge in [-0.2, -0.15) is 0 Å². The third-order valence-corrected chi connectivity index (χ3v) is 11.6. The fourth-order valence-corrected chi connectivity index (χ4v) is 8.83. The van der Waals surface area contributed by atoms with E-state index in [1.165, 1.54) is 10.3 Å². The Bertz CT molecular complexity index is 3140. The van der Waals surface area contributed by atoms with Gasteiger partial charge in [0.15, 0.2) is 23.3 Å². The van der Waals surface area contributed by atoms with Gasteiger partial charge >= 0.3 is 0 Å². The molecule has 0 aliphatic heterocycles. The van der Waals surface area contributed by atoms with Gasteiger partial charge in [0, 0.05) is 48.7 Å². The highest BCUT2D eigenvalue weighted by molar-refractivity contribution is 7.26. The fourth-order valence-electron chi connectivity index (χ4n) is 7.67. The molecule has 4 heterocycles. The molecule has 0 atom stereocenters. The Kier molecular flexibility index (Phi) is 7.70. The molecule has 11 rings (SSSR count). The Morgan fingerprint density at radius 3 is 1.91 bits per heavy atom. The van der Waals surface area contributed by atoms with Crippen molar-refractivity contribution in [3.05, 3.63) is 170 Å². The van der Waals surface area contributed by atoms with Crippen LogP contribution in [0.4, 0.5) is 0 Å². The van der Waals surface area contributed by atoms with E-state index in [0.717, 1.165) is 95.3 Å². The van der Waals surface area contributed by atoms with Crippen molar-refractivity contribution in [2.75, 3.05) is 0 Å². The molecule has 1 aliphatic carbocycles. The summed E-state index contributed by atoms with van der Waals surface area (Å²) in [6, 6.07) is 49.6. The molecule has 0 unspecified atom stereocenters. The van der Waals surface area contributed by atoms with Gasteiger partial charge in [-0.25, -0.2) is 24.9 Å². The average Bonchev–Trinajstić information content (AvgIpc) is 3.85. The van der Waals surface area contributed by atoms with Gasteiger partial charge in [0.2, 0.25) is 0 Å². The number of thiophene rings is 1. The maximum Gasteiger partial charge on any atom is 0.164 e. The highest BCUT2D eigenvalue weighted by atomic mass is 32.1. The number of nitrogens with zero attached hydrogens (tertiary/aromatic N) is 5. The minimum Gasteiger partial charge on any atom is -0.455 e. The summed E-state index contributed by atoms with van der Waals surface area (Å²) in [5.41, 5.74) is 10.7. The molecule has 0 fully saturated rings. The van der Waals surface area contributed by atoms with Crippen molar-refractivity contribution >= 4 is 59.2 Å². The van der Waals surface area contributed by atoms with Crippen molar-refractivity contribution in [2.24, 2.45) is 0 Å². The van der Waals surface area contributed by atoms with E-state index in [4.69, 9.17) is 29.3 Å². The van der Waals surface area contributed by atoms with Crippen LogP contribution in [0.15, 0.2) is 168 Å². The lowest BCUT2D eigenvalue weighted by Crippen LogP contribution is -2.00. The zero-order valence-electron chi connectivity index (χ0n) is 30.1. The van der Waals surface area contributed by atoms with E-state index < -0.39 is 0 Å². The van der Waals surface area contributed by atoms with Crippen LogP contribution in [-0.4, -0.2) is 24.9 Å². The average molecular weight is 738 g/mol. The number of furan rings is 1. The van der Waals surface area contributed by atoms with Gasteiger partial charge < -0.3 is 4.42 Å². The van der Waals surface area contributed by atoms with E-state index in [1.807, 2.05) is 72.8 Å². The van der Waals surface area contributed by atoms with Gasteiger partial charge in [-0.1, -0.05) is 133 Å². The standard InChI is InChI=1S/C49H31N5OS/c1-4-14-30(15-5-1)42-45-43(38-22-10-11-25-41(38)56-45)51-48(50-42)34-21-12-20-33(28-34)36-23-13-24-37-39-29-35(26-27-40(39)55-44(36)37)49-53-46(31-16-6-2-7-17-31)52-47(54-49)32-18-8-3-9-19-32/h1-4,6-14,16-29H,5,15H2. The van der Waals surface area contributed by atoms with Crippen LogP contribution < -0.4 is 0 Å². The smallest absolute Gasteiger partial charge is 0.164 e. The zero-order valence-corrected chi connectivity index (χ0v) is 30.9. The topological polar surface area (TPSA) is 77.6 Å². The molecule has 10 aromatic rings. The molecular formula is C49H31N5OS. The highest BCUT2D eigenvalue weighted by Gasteiger charge is 2.20. The molecule has 0 saturated heterocycles.